The Labute approximate surface area is 133 Å². The molecule has 1 aliphatic rings. The summed E-state index contributed by atoms with van der Waals surface area (Å²) < 4.78 is 1.94. The summed E-state index contributed by atoms with van der Waals surface area (Å²) in [6.07, 6.45) is 4.07. The number of aromatic nitrogens is 5. The van der Waals surface area contributed by atoms with E-state index in [1.807, 2.05) is 34.9 Å². The van der Waals surface area contributed by atoms with Crippen LogP contribution in [-0.4, -0.2) is 42.8 Å². The number of nitrogens with one attached hydrogen (secondary N) is 1. The van der Waals surface area contributed by atoms with E-state index in [1.54, 1.807) is 24.3 Å². The smallest absolute Gasteiger partial charge is 0.246 e. The number of hydrogen-bond donors (Lipinski definition) is 1. The zero-order chi connectivity index (χ0) is 15.8. The van der Waals surface area contributed by atoms with E-state index in [4.69, 9.17) is 0 Å². The average molecular weight is 308 g/mol. The van der Waals surface area contributed by atoms with Crippen molar-refractivity contribution in [3.63, 3.8) is 0 Å². The molecular weight excluding hydrogens is 292 g/mol. The largest absolute Gasteiger partial charge is 0.336 e. The van der Waals surface area contributed by atoms with Crippen molar-refractivity contribution in [3.05, 3.63) is 54.1 Å². The Morgan fingerprint density at radius 2 is 2.09 bits per heavy atom. The number of amides is 1. The third-order valence-electron chi connectivity index (χ3n) is 4.15. The second-order valence-corrected chi connectivity index (χ2v) is 5.70. The van der Waals surface area contributed by atoms with Gasteiger partial charge in [0.25, 0.3) is 0 Å². The lowest BCUT2D eigenvalue weighted by Gasteiger charge is -2.31. The number of aromatic amines is 1. The number of H-pyrrole nitrogens is 1. The summed E-state index contributed by atoms with van der Waals surface area (Å²) in [5, 5.41) is 15.3. The van der Waals surface area contributed by atoms with E-state index in [9.17, 15) is 4.79 Å². The lowest BCUT2D eigenvalue weighted by molar-refractivity contribution is -0.135. The Hall–Kier alpha value is -2.96. The van der Waals surface area contributed by atoms with Gasteiger partial charge < -0.3 is 4.90 Å². The molecular formula is C16H16N6O. The van der Waals surface area contributed by atoms with Crippen molar-refractivity contribution >= 4 is 5.91 Å². The molecule has 0 aliphatic carbocycles. The summed E-state index contributed by atoms with van der Waals surface area (Å²) in [5.74, 6) is 1.55. The molecule has 1 atom stereocenters. The van der Waals surface area contributed by atoms with E-state index < -0.39 is 0 Å². The van der Waals surface area contributed by atoms with Crippen LogP contribution in [0.15, 0.2) is 42.7 Å². The van der Waals surface area contributed by atoms with Crippen molar-refractivity contribution in [2.75, 3.05) is 7.05 Å². The molecule has 0 saturated carbocycles. The molecule has 3 aromatic rings. The molecule has 1 aliphatic heterocycles. The first kappa shape index (κ1) is 13.7. The number of likely N-dealkylation sites (N-methyl/N-ethyl adjacent to an activating group) is 1. The number of nitrogens with zero attached hydrogens (tertiary/aromatic N) is 5. The lowest BCUT2D eigenvalue weighted by Crippen LogP contribution is -2.41. The first-order valence-corrected chi connectivity index (χ1v) is 7.46. The van der Waals surface area contributed by atoms with Crippen molar-refractivity contribution in [3.8, 4) is 11.4 Å². The fraction of sp³-hybridized carbons (Fsp3) is 0.250. The van der Waals surface area contributed by atoms with Crippen LogP contribution in [-0.2, 0) is 17.8 Å². The predicted octanol–water partition coefficient (Wildman–Crippen LogP) is 1.42. The van der Waals surface area contributed by atoms with Gasteiger partial charge in [0.1, 0.15) is 6.04 Å². The highest BCUT2D eigenvalue weighted by Crippen LogP contribution is 2.29. The summed E-state index contributed by atoms with van der Waals surface area (Å²) in [5.41, 5.74) is 1.94. The zero-order valence-corrected chi connectivity index (χ0v) is 12.7. The van der Waals surface area contributed by atoms with Gasteiger partial charge in [0.2, 0.25) is 5.91 Å². The summed E-state index contributed by atoms with van der Waals surface area (Å²) in [7, 11) is 1.80. The number of fused-ring (bicyclic) bond motifs is 1. The van der Waals surface area contributed by atoms with E-state index in [1.165, 1.54) is 0 Å². The van der Waals surface area contributed by atoms with Gasteiger partial charge in [0.05, 0.1) is 18.3 Å². The highest BCUT2D eigenvalue weighted by molar-refractivity contribution is 5.82. The molecule has 0 spiro atoms. The van der Waals surface area contributed by atoms with E-state index >= 15 is 0 Å². The quantitative estimate of drug-likeness (QED) is 0.793. The molecule has 0 radical (unpaired) electrons. The minimum absolute atomic E-state index is 0.0749. The van der Waals surface area contributed by atoms with Crippen LogP contribution >= 0.6 is 0 Å². The zero-order valence-electron chi connectivity index (χ0n) is 12.7. The highest BCUT2D eigenvalue weighted by Gasteiger charge is 2.34. The Morgan fingerprint density at radius 3 is 2.83 bits per heavy atom. The van der Waals surface area contributed by atoms with Crippen LogP contribution in [0.25, 0.3) is 11.4 Å². The van der Waals surface area contributed by atoms with Gasteiger partial charge in [0, 0.05) is 19.7 Å². The highest BCUT2D eigenvalue weighted by atomic mass is 16.2. The maximum Gasteiger partial charge on any atom is 0.246 e. The van der Waals surface area contributed by atoms with Crippen LogP contribution in [0.1, 0.15) is 17.4 Å². The Kier molecular flexibility index (Phi) is 3.18. The average Bonchev–Trinajstić information content (AvgIpc) is 3.21. The van der Waals surface area contributed by atoms with Crippen LogP contribution in [0.2, 0.25) is 0 Å². The fourth-order valence-corrected chi connectivity index (χ4v) is 3.00. The molecule has 0 saturated heterocycles. The molecule has 0 bridgehead atoms. The second-order valence-electron chi connectivity index (χ2n) is 5.70. The van der Waals surface area contributed by atoms with Gasteiger partial charge >= 0.3 is 0 Å². The Morgan fingerprint density at radius 1 is 1.26 bits per heavy atom. The van der Waals surface area contributed by atoms with Crippen molar-refractivity contribution < 1.29 is 4.79 Å². The molecule has 4 rings (SSSR count). The minimum Gasteiger partial charge on any atom is -0.336 e. The van der Waals surface area contributed by atoms with Gasteiger partial charge in [-0.15, -0.1) is 10.2 Å². The first-order chi connectivity index (χ1) is 11.2. The molecule has 2 aromatic heterocycles. The number of carbonyl (C=O) groups excluding carboxylic acids is 1. The van der Waals surface area contributed by atoms with Gasteiger partial charge in [-0.25, -0.2) is 0 Å². The Balaban J connectivity index is 1.80. The molecule has 23 heavy (non-hydrogen) atoms. The fourth-order valence-electron chi connectivity index (χ4n) is 3.00. The van der Waals surface area contributed by atoms with E-state index in [0.29, 0.717) is 18.8 Å². The third kappa shape index (κ3) is 2.30. The summed E-state index contributed by atoms with van der Waals surface area (Å²) in [4.78, 5) is 14.4. The van der Waals surface area contributed by atoms with Crippen molar-refractivity contribution in [2.45, 2.75) is 19.0 Å². The van der Waals surface area contributed by atoms with Crippen LogP contribution in [0, 0.1) is 0 Å². The first-order valence-electron chi connectivity index (χ1n) is 7.46. The minimum atomic E-state index is -0.342. The van der Waals surface area contributed by atoms with Gasteiger partial charge in [-0.3, -0.25) is 14.5 Å². The molecule has 0 fully saturated rings. The maximum absolute atomic E-state index is 12.7. The number of carbonyl (C=O) groups is 1. The van der Waals surface area contributed by atoms with E-state index in [-0.39, 0.29) is 11.9 Å². The molecule has 7 heteroatoms. The number of hydrogen-bond acceptors (Lipinski definition) is 4. The topological polar surface area (TPSA) is 79.7 Å². The summed E-state index contributed by atoms with van der Waals surface area (Å²) in [6.45, 7) is 0.467. The molecule has 1 N–H and O–H groups in total. The third-order valence-corrected chi connectivity index (χ3v) is 4.15. The lowest BCUT2D eigenvalue weighted by atomic mass is 10.0. The molecule has 0 unspecified atom stereocenters. The molecule has 1 aromatic carbocycles. The SMILES string of the molecule is CN1Cc2nnc(-c3cn[nH]c3)n2[C@H](Cc2ccccc2)C1=O. The number of benzene rings is 1. The molecule has 7 nitrogen and oxygen atoms in total. The molecule has 116 valence electrons. The van der Waals surface area contributed by atoms with E-state index in [0.717, 1.165) is 17.0 Å². The van der Waals surface area contributed by atoms with Gasteiger partial charge in [-0.05, 0) is 5.56 Å². The number of rotatable bonds is 3. The molecule has 3 heterocycles. The normalized spacial score (nSPS) is 17.3. The standard InChI is InChI=1S/C16H16N6O/c1-21-10-14-19-20-15(12-8-17-18-9-12)22(14)13(16(21)23)7-11-5-3-2-4-6-11/h2-6,8-9,13H,7,10H2,1H3,(H,17,18)/t13-/m1/s1. The van der Waals surface area contributed by atoms with Gasteiger partial charge in [0.15, 0.2) is 11.6 Å². The predicted molar refractivity (Wildman–Crippen MR) is 83.3 cm³/mol. The Bertz CT molecular complexity index is 824. The summed E-state index contributed by atoms with van der Waals surface area (Å²) in [6, 6.07) is 9.66. The van der Waals surface area contributed by atoms with Gasteiger partial charge in [-0.2, -0.15) is 5.10 Å². The van der Waals surface area contributed by atoms with Crippen molar-refractivity contribution in [1.82, 2.24) is 29.9 Å². The van der Waals surface area contributed by atoms with Crippen molar-refractivity contribution in [2.24, 2.45) is 0 Å². The van der Waals surface area contributed by atoms with Crippen LogP contribution < -0.4 is 0 Å². The maximum atomic E-state index is 12.7. The van der Waals surface area contributed by atoms with E-state index in [2.05, 4.69) is 20.4 Å². The van der Waals surface area contributed by atoms with Gasteiger partial charge in [-0.1, -0.05) is 30.3 Å². The van der Waals surface area contributed by atoms with Crippen LogP contribution in [0.3, 0.4) is 0 Å². The summed E-state index contributed by atoms with van der Waals surface area (Å²) >= 11 is 0. The monoisotopic (exact) mass is 308 g/mol. The van der Waals surface area contributed by atoms with Crippen molar-refractivity contribution in [1.29, 1.82) is 0 Å². The van der Waals surface area contributed by atoms with Crippen LogP contribution in [0.5, 0.6) is 0 Å². The second kappa shape index (κ2) is 5.35. The van der Waals surface area contributed by atoms with Crippen LogP contribution in [0.4, 0.5) is 0 Å². The molecule has 1 amide bonds.